The van der Waals surface area contributed by atoms with E-state index in [2.05, 4.69) is 24.8 Å². The molecule has 3 aromatic rings. The highest BCUT2D eigenvalue weighted by Gasteiger charge is 2.14. The third kappa shape index (κ3) is 1.63. The second-order valence-electron chi connectivity index (χ2n) is 3.34. The van der Waals surface area contributed by atoms with Crippen molar-refractivity contribution < 1.29 is 9.53 Å². The number of thiophene rings is 1. The normalized spacial score (nSPS) is 10.7. The lowest BCUT2D eigenvalue weighted by Gasteiger charge is -1.99. The van der Waals surface area contributed by atoms with Crippen LogP contribution >= 0.6 is 11.3 Å². The first kappa shape index (κ1) is 10.8. The smallest absolute Gasteiger partial charge is 0.377 e. The van der Waals surface area contributed by atoms with Crippen LogP contribution in [0.2, 0.25) is 0 Å². The minimum atomic E-state index is -0.579. The molecular weight excluding hydrogens is 254 g/mol. The van der Waals surface area contributed by atoms with Gasteiger partial charge in [-0.1, -0.05) is 0 Å². The van der Waals surface area contributed by atoms with Gasteiger partial charge in [0.15, 0.2) is 5.82 Å². The van der Waals surface area contributed by atoms with E-state index in [1.54, 1.807) is 0 Å². The number of methoxy groups -OCH3 is 1. The second-order valence-corrected chi connectivity index (χ2v) is 4.24. The van der Waals surface area contributed by atoms with E-state index >= 15 is 0 Å². The fourth-order valence-corrected chi connectivity index (χ4v) is 2.24. The Labute approximate surface area is 105 Å². The number of aromatic nitrogens is 5. The van der Waals surface area contributed by atoms with Gasteiger partial charge >= 0.3 is 5.97 Å². The second kappa shape index (κ2) is 4.15. The van der Waals surface area contributed by atoms with Crippen molar-refractivity contribution in [1.29, 1.82) is 0 Å². The van der Waals surface area contributed by atoms with Crippen LogP contribution in [0.25, 0.3) is 16.0 Å². The number of nitrogens with zero attached hydrogens (tertiary/aromatic N) is 5. The minimum Gasteiger partial charge on any atom is -0.463 e. The molecule has 0 fully saturated rings. The lowest BCUT2D eigenvalue weighted by Crippen LogP contribution is -2.06. The van der Waals surface area contributed by atoms with Crippen LogP contribution in [0.3, 0.4) is 0 Å². The number of fused-ring (bicyclic) bond motifs is 1. The molecule has 0 saturated heterocycles. The van der Waals surface area contributed by atoms with Crippen LogP contribution in [-0.4, -0.2) is 37.8 Å². The van der Waals surface area contributed by atoms with Gasteiger partial charge in [0.05, 0.1) is 12.5 Å². The summed E-state index contributed by atoms with van der Waals surface area (Å²) in [5, 5.41) is 6.81. The van der Waals surface area contributed by atoms with Crippen LogP contribution in [-0.2, 0) is 4.74 Å². The maximum Gasteiger partial charge on any atom is 0.377 e. The van der Waals surface area contributed by atoms with Gasteiger partial charge in [-0.3, -0.25) is 0 Å². The largest absolute Gasteiger partial charge is 0.463 e. The molecule has 0 unspecified atom stereocenters. The van der Waals surface area contributed by atoms with Gasteiger partial charge in [-0.2, -0.15) is 0 Å². The van der Waals surface area contributed by atoms with Crippen molar-refractivity contribution in [1.82, 2.24) is 24.7 Å². The molecule has 0 atom stereocenters. The Morgan fingerprint density at radius 1 is 1.39 bits per heavy atom. The van der Waals surface area contributed by atoms with Crippen LogP contribution in [0, 0.1) is 0 Å². The maximum atomic E-state index is 11.3. The zero-order valence-electron chi connectivity index (χ0n) is 9.27. The maximum absolute atomic E-state index is 11.3. The van der Waals surface area contributed by atoms with Gasteiger partial charge < -0.3 is 4.74 Å². The quantitative estimate of drug-likeness (QED) is 0.641. The summed E-state index contributed by atoms with van der Waals surface area (Å²) >= 11 is 1.51. The van der Waals surface area contributed by atoms with E-state index in [1.165, 1.54) is 35.8 Å². The van der Waals surface area contributed by atoms with E-state index in [4.69, 9.17) is 0 Å². The van der Waals surface area contributed by atoms with E-state index in [-0.39, 0.29) is 5.82 Å². The summed E-state index contributed by atoms with van der Waals surface area (Å²) in [6.45, 7) is 0. The molecule has 0 bridgehead atoms. The molecule has 0 aromatic carbocycles. The number of carbonyl (C=O) groups is 1. The molecule has 0 aliphatic carbocycles. The van der Waals surface area contributed by atoms with Crippen LogP contribution in [0.15, 0.2) is 24.1 Å². The molecule has 0 aliphatic rings. The first-order valence-corrected chi connectivity index (χ1v) is 5.86. The van der Waals surface area contributed by atoms with Crippen molar-refractivity contribution >= 4 is 27.5 Å². The van der Waals surface area contributed by atoms with Crippen LogP contribution < -0.4 is 0 Å². The van der Waals surface area contributed by atoms with Crippen LogP contribution in [0.1, 0.15) is 10.6 Å². The lowest BCUT2D eigenvalue weighted by atomic mass is 10.4. The number of rotatable bonds is 2. The van der Waals surface area contributed by atoms with E-state index in [0.717, 1.165) is 10.2 Å². The Morgan fingerprint density at radius 3 is 3.11 bits per heavy atom. The molecule has 0 saturated carbocycles. The number of esters is 1. The summed E-state index contributed by atoms with van der Waals surface area (Å²) in [5.74, 6) is 0.00719. The van der Waals surface area contributed by atoms with E-state index in [1.807, 2.05) is 11.4 Å². The first-order chi connectivity index (χ1) is 8.79. The Balaban J connectivity index is 2.12. The number of carbonyl (C=O) groups excluding carboxylic acids is 1. The Kier molecular flexibility index (Phi) is 2.49. The van der Waals surface area contributed by atoms with Crippen molar-refractivity contribution in [2.45, 2.75) is 0 Å². The summed E-state index contributed by atoms with van der Waals surface area (Å²) in [5.41, 5.74) is 0. The molecule has 3 rings (SSSR count). The Hall–Kier alpha value is -2.35. The molecule has 8 heteroatoms. The number of ether oxygens (including phenoxy) is 1. The number of hydrogen-bond acceptors (Lipinski definition) is 7. The van der Waals surface area contributed by atoms with Gasteiger partial charge in [0.25, 0.3) is 5.82 Å². The number of hydrogen-bond donors (Lipinski definition) is 0. The van der Waals surface area contributed by atoms with Gasteiger partial charge in [-0.05, 0) is 11.4 Å². The van der Waals surface area contributed by atoms with Gasteiger partial charge in [-0.15, -0.1) is 16.4 Å². The monoisotopic (exact) mass is 261 g/mol. The third-order valence-corrected chi connectivity index (χ3v) is 3.14. The molecule has 3 aromatic heterocycles. The Bertz CT molecular complexity index is 720. The van der Waals surface area contributed by atoms with Crippen molar-refractivity contribution in [3.8, 4) is 5.82 Å². The standard InChI is InChI=1S/C10H7N5O2S/c1-17-10(16)7-13-5-15(14-7)8-6-2-3-18-9(6)12-4-11-8/h2-5H,1H3. The fourth-order valence-electron chi connectivity index (χ4n) is 1.51. The molecular formula is C10H7N5O2S. The summed E-state index contributed by atoms with van der Waals surface area (Å²) in [6, 6.07) is 1.90. The molecule has 0 amide bonds. The molecule has 0 radical (unpaired) electrons. The van der Waals surface area contributed by atoms with Crippen molar-refractivity contribution in [3.63, 3.8) is 0 Å². The van der Waals surface area contributed by atoms with Crippen LogP contribution in [0.4, 0.5) is 0 Å². The molecule has 3 heterocycles. The first-order valence-electron chi connectivity index (χ1n) is 4.98. The van der Waals surface area contributed by atoms with E-state index in [0.29, 0.717) is 5.82 Å². The molecule has 0 N–H and O–H groups in total. The summed E-state index contributed by atoms with van der Waals surface area (Å²) in [4.78, 5) is 24.3. The predicted molar refractivity (Wildman–Crippen MR) is 63.7 cm³/mol. The van der Waals surface area contributed by atoms with E-state index < -0.39 is 5.97 Å². The summed E-state index contributed by atoms with van der Waals surface area (Å²) in [6.07, 6.45) is 2.87. The molecule has 0 spiro atoms. The van der Waals surface area contributed by atoms with Crippen molar-refractivity contribution in [3.05, 3.63) is 29.9 Å². The summed E-state index contributed by atoms with van der Waals surface area (Å²) < 4.78 is 5.98. The zero-order chi connectivity index (χ0) is 12.5. The fraction of sp³-hybridized carbons (Fsp3) is 0.100. The highest BCUT2D eigenvalue weighted by molar-refractivity contribution is 7.16. The summed E-state index contributed by atoms with van der Waals surface area (Å²) in [7, 11) is 1.28. The molecule has 7 nitrogen and oxygen atoms in total. The Morgan fingerprint density at radius 2 is 2.28 bits per heavy atom. The van der Waals surface area contributed by atoms with Gasteiger partial charge in [-0.25, -0.2) is 24.4 Å². The van der Waals surface area contributed by atoms with Crippen molar-refractivity contribution in [2.75, 3.05) is 7.11 Å². The SMILES string of the molecule is COC(=O)c1ncn(-c2ncnc3sccc23)n1. The van der Waals surface area contributed by atoms with Gasteiger partial charge in [0.1, 0.15) is 17.5 Å². The molecule has 0 aliphatic heterocycles. The third-order valence-electron chi connectivity index (χ3n) is 2.32. The molecule has 18 heavy (non-hydrogen) atoms. The topological polar surface area (TPSA) is 82.8 Å². The minimum absolute atomic E-state index is 0.000471. The highest BCUT2D eigenvalue weighted by atomic mass is 32.1. The lowest BCUT2D eigenvalue weighted by molar-refractivity contribution is 0.0587. The average molecular weight is 261 g/mol. The zero-order valence-corrected chi connectivity index (χ0v) is 10.1. The van der Waals surface area contributed by atoms with E-state index in [9.17, 15) is 4.79 Å². The highest BCUT2D eigenvalue weighted by Crippen LogP contribution is 2.22. The predicted octanol–water partition coefficient (Wildman–Crippen LogP) is 1.06. The van der Waals surface area contributed by atoms with Gasteiger partial charge in [0, 0.05) is 0 Å². The average Bonchev–Trinajstić information content (AvgIpc) is 3.05. The van der Waals surface area contributed by atoms with Crippen LogP contribution in [0.5, 0.6) is 0 Å². The van der Waals surface area contributed by atoms with Gasteiger partial charge in [0.2, 0.25) is 0 Å². The molecule has 90 valence electrons. The van der Waals surface area contributed by atoms with Crippen molar-refractivity contribution in [2.24, 2.45) is 0 Å².